The average Bonchev–Trinajstić information content (AvgIpc) is 3.36. The van der Waals surface area contributed by atoms with Gasteiger partial charge in [-0.25, -0.2) is 0 Å². The Kier molecular flexibility index (Phi) is 5.09. The summed E-state index contributed by atoms with van der Waals surface area (Å²) in [5.74, 6) is 2.66. The number of fused-ring (bicyclic) bond motifs is 1. The number of carbonyl (C=O) groups is 1. The van der Waals surface area contributed by atoms with Gasteiger partial charge in [0.15, 0.2) is 18.1 Å². The van der Waals surface area contributed by atoms with Gasteiger partial charge in [0.05, 0.1) is 0 Å². The van der Waals surface area contributed by atoms with Gasteiger partial charge in [-0.3, -0.25) is 4.79 Å². The SMILES string of the molecule is CCCc1nnc(-c2ccc(OCC(=O)Nc3ccc4c(c3)OCO4)cc2)o1. The molecule has 3 aromatic rings. The molecule has 8 nitrogen and oxygen atoms in total. The van der Waals surface area contributed by atoms with Crippen LogP contribution in [0.3, 0.4) is 0 Å². The van der Waals surface area contributed by atoms with Crippen molar-refractivity contribution in [3.8, 4) is 28.7 Å². The number of benzene rings is 2. The summed E-state index contributed by atoms with van der Waals surface area (Å²) in [7, 11) is 0. The fraction of sp³-hybridized carbons (Fsp3) is 0.250. The summed E-state index contributed by atoms with van der Waals surface area (Å²) in [5.41, 5.74) is 1.42. The smallest absolute Gasteiger partial charge is 0.262 e. The molecule has 0 aliphatic carbocycles. The molecule has 1 amide bonds. The molecule has 0 unspecified atom stereocenters. The van der Waals surface area contributed by atoms with Crippen molar-refractivity contribution in [1.82, 2.24) is 10.2 Å². The monoisotopic (exact) mass is 381 g/mol. The highest BCUT2D eigenvalue weighted by Gasteiger charge is 2.14. The number of nitrogens with one attached hydrogen (secondary N) is 1. The van der Waals surface area contributed by atoms with Gasteiger partial charge < -0.3 is 23.9 Å². The maximum Gasteiger partial charge on any atom is 0.262 e. The largest absolute Gasteiger partial charge is 0.484 e. The molecule has 1 aromatic heterocycles. The minimum Gasteiger partial charge on any atom is -0.484 e. The van der Waals surface area contributed by atoms with E-state index in [1.54, 1.807) is 30.3 Å². The lowest BCUT2D eigenvalue weighted by Gasteiger charge is -2.08. The number of amides is 1. The molecule has 8 heteroatoms. The number of aryl methyl sites for hydroxylation is 1. The molecule has 1 N–H and O–H groups in total. The summed E-state index contributed by atoms with van der Waals surface area (Å²) in [6.45, 7) is 2.13. The maximum absolute atomic E-state index is 12.1. The van der Waals surface area contributed by atoms with E-state index in [4.69, 9.17) is 18.6 Å². The summed E-state index contributed by atoms with van der Waals surface area (Å²) in [6.07, 6.45) is 1.70. The highest BCUT2D eigenvalue weighted by molar-refractivity contribution is 5.92. The first kappa shape index (κ1) is 17.8. The highest BCUT2D eigenvalue weighted by Crippen LogP contribution is 2.34. The van der Waals surface area contributed by atoms with Gasteiger partial charge in [0.2, 0.25) is 18.6 Å². The Bertz CT molecular complexity index is 968. The summed E-state index contributed by atoms with van der Waals surface area (Å²) >= 11 is 0. The van der Waals surface area contributed by atoms with Crippen molar-refractivity contribution in [3.63, 3.8) is 0 Å². The normalized spacial score (nSPS) is 12.0. The quantitative estimate of drug-likeness (QED) is 0.670. The van der Waals surface area contributed by atoms with Gasteiger partial charge in [0, 0.05) is 23.7 Å². The van der Waals surface area contributed by atoms with Gasteiger partial charge in [-0.1, -0.05) is 6.92 Å². The predicted octanol–water partition coefficient (Wildman–Crippen LogP) is 3.44. The summed E-state index contributed by atoms with van der Waals surface area (Å²) in [4.78, 5) is 12.1. The van der Waals surface area contributed by atoms with Crippen molar-refractivity contribution < 1.29 is 23.4 Å². The van der Waals surface area contributed by atoms with E-state index >= 15 is 0 Å². The fourth-order valence-electron chi connectivity index (χ4n) is 2.70. The molecular formula is C20H19N3O5. The van der Waals surface area contributed by atoms with E-state index < -0.39 is 0 Å². The first-order valence-corrected chi connectivity index (χ1v) is 8.96. The number of ether oxygens (including phenoxy) is 3. The molecule has 1 aliphatic heterocycles. The van der Waals surface area contributed by atoms with Gasteiger partial charge in [0.25, 0.3) is 5.91 Å². The fourth-order valence-corrected chi connectivity index (χ4v) is 2.70. The van der Waals surface area contributed by atoms with Crippen LogP contribution < -0.4 is 19.5 Å². The molecule has 0 radical (unpaired) electrons. The van der Waals surface area contributed by atoms with E-state index in [0.717, 1.165) is 18.4 Å². The summed E-state index contributed by atoms with van der Waals surface area (Å²) < 4.78 is 21.7. The molecule has 1 aliphatic rings. The minimum absolute atomic E-state index is 0.116. The van der Waals surface area contributed by atoms with E-state index in [1.165, 1.54) is 0 Å². The Morgan fingerprint density at radius 2 is 1.93 bits per heavy atom. The number of hydrogen-bond donors (Lipinski definition) is 1. The number of hydrogen-bond acceptors (Lipinski definition) is 7. The molecule has 4 rings (SSSR count). The molecule has 144 valence electrons. The number of aromatic nitrogens is 2. The van der Waals surface area contributed by atoms with Crippen LogP contribution in [0.15, 0.2) is 46.9 Å². The van der Waals surface area contributed by atoms with Crippen LogP contribution in [0.25, 0.3) is 11.5 Å². The summed E-state index contributed by atoms with van der Waals surface area (Å²) in [5, 5.41) is 10.8. The van der Waals surface area contributed by atoms with Crippen molar-refractivity contribution in [3.05, 3.63) is 48.4 Å². The van der Waals surface area contributed by atoms with Crippen LogP contribution in [0.2, 0.25) is 0 Å². The molecule has 0 atom stereocenters. The van der Waals surface area contributed by atoms with E-state index in [1.807, 2.05) is 12.1 Å². The topological polar surface area (TPSA) is 95.7 Å². The Labute approximate surface area is 161 Å². The second-order valence-corrected chi connectivity index (χ2v) is 6.18. The molecule has 0 saturated carbocycles. The Hall–Kier alpha value is -3.55. The second kappa shape index (κ2) is 7.99. The summed E-state index contributed by atoms with van der Waals surface area (Å²) in [6, 6.07) is 12.4. The lowest BCUT2D eigenvalue weighted by atomic mass is 10.2. The highest BCUT2D eigenvalue weighted by atomic mass is 16.7. The number of anilines is 1. The van der Waals surface area contributed by atoms with Crippen molar-refractivity contribution >= 4 is 11.6 Å². The number of carbonyl (C=O) groups excluding carboxylic acids is 1. The second-order valence-electron chi connectivity index (χ2n) is 6.18. The van der Waals surface area contributed by atoms with E-state index in [2.05, 4.69) is 22.4 Å². The van der Waals surface area contributed by atoms with Crippen molar-refractivity contribution in [2.75, 3.05) is 18.7 Å². The maximum atomic E-state index is 12.1. The third kappa shape index (κ3) is 4.06. The molecule has 0 spiro atoms. The van der Waals surface area contributed by atoms with Crippen molar-refractivity contribution in [2.45, 2.75) is 19.8 Å². The van der Waals surface area contributed by atoms with E-state index in [0.29, 0.717) is 34.7 Å². The molecule has 0 fully saturated rings. The van der Waals surface area contributed by atoms with Gasteiger partial charge in [0.1, 0.15) is 5.75 Å². The molecule has 28 heavy (non-hydrogen) atoms. The van der Waals surface area contributed by atoms with Gasteiger partial charge in [-0.15, -0.1) is 10.2 Å². The van der Waals surface area contributed by atoms with Crippen LogP contribution in [0.1, 0.15) is 19.2 Å². The predicted molar refractivity (Wildman–Crippen MR) is 100 cm³/mol. The zero-order valence-corrected chi connectivity index (χ0v) is 15.3. The van der Waals surface area contributed by atoms with Crippen LogP contribution in [0.4, 0.5) is 5.69 Å². The third-order valence-electron chi connectivity index (χ3n) is 4.06. The Morgan fingerprint density at radius 3 is 2.75 bits per heavy atom. The minimum atomic E-state index is -0.274. The van der Waals surface area contributed by atoms with Crippen LogP contribution in [0, 0.1) is 0 Å². The van der Waals surface area contributed by atoms with Crippen LogP contribution in [-0.2, 0) is 11.2 Å². The van der Waals surface area contributed by atoms with Gasteiger partial charge in [-0.05, 0) is 42.8 Å². The van der Waals surface area contributed by atoms with Gasteiger partial charge in [-0.2, -0.15) is 0 Å². The van der Waals surface area contributed by atoms with Gasteiger partial charge >= 0.3 is 0 Å². The molecule has 2 aromatic carbocycles. The standard InChI is InChI=1S/C20H19N3O5/c1-2-3-19-22-23-20(28-19)13-4-7-15(8-5-13)25-11-18(24)21-14-6-9-16-17(10-14)27-12-26-16/h4-10H,2-3,11-12H2,1H3,(H,21,24). The number of rotatable bonds is 7. The van der Waals surface area contributed by atoms with Crippen LogP contribution >= 0.6 is 0 Å². The molecule has 2 heterocycles. The third-order valence-corrected chi connectivity index (χ3v) is 4.06. The lowest BCUT2D eigenvalue weighted by Crippen LogP contribution is -2.20. The lowest BCUT2D eigenvalue weighted by molar-refractivity contribution is -0.118. The first-order chi connectivity index (χ1) is 13.7. The molecular weight excluding hydrogens is 362 g/mol. The molecule has 0 saturated heterocycles. The van der Waals surface area contributed by atoms with E-state index in [9.17, 15) is 4.79 Å². The molecule has 0 bridgehead atoms. The Morgan fingerprint density at radius 1 is 1.11 bits per heavy atom. The average molecular weight is 381 g/mol. The Balaban J connectivity index is 1.31. The zero-order chi connectivity index (χ0) is 19.3. The number of nitrogens with zero attached hydrogens (tertiary/aromatic N) is 2. The van der Waals surface area contributed by atoms with E-state index in [-0.39, 0.29) is 19.3 Å². The van der Waals surface area contributed by atoms with Crippen molar-refractivity contribution in [1.29, 1.82) is 0 Å². The van der Waals surface area contributed by atoms with Crippen LogP contribution in [0.5, 0.6) is 17.2 Å². The first-order valence-electron chi connectivity index (χ1n) is 8.96. The zero-order valence-electron chi connectivity index (χ0n) is 15.3. The van der Waals surface area contributed by atoms with Crippen molar-refractivity contribution in [2.24, 2.45) is 0 Å². The van der Waals surface area contributed by atoms with Crippen LogP contribution in [-0.4, -0.2) is 29.5 Å².